The Bertz CT molecular complexity index is 330. The van der Waals surface area contributed by atoms with Crippen LogP contribution in [0.25, 0.3) is 6.08 Å². The van der Waals surface area contributed by atoms with Crippen molar-refractivity contribution in [3.8, 4) is 5.88 Å². The van der Waals surface area contributed by atoms with Crippen LogP contribution in [0.1, 0.15) is 17.7 Å². The van der Waals surface area contributed by atoms with Gasteiger partial charge in [0.05, 0.1) is 12.8 Å². The Morgan fingerprint density at radius 1 is 1.58 bits per heavy atom. The number of nitrogens with zero attached hydrogens (tertiary/aromatic N) is 1. The summed E-state index contributed by atoms with van der Waals surface area (Å²) >= 11 is 3.46. The quantitative estimate of drug-likeness (QED) is 0.800. The van der Waals surface area contributed by atoms with Gasteiger partial charge in [0.2, 0.25) is 5.88 Å². The Labute approximate surface area is 78.9 Å². The van der Waals surface area contributed by atoms with E-state index >= 15 is 0 Å². The van der Waals surface area contributed by atoms with Gasteiger partial charge in [-0.2, -0.15) is 0 Å². The fourth-order valence-electron chi connectivity index (χ4n) is 1.36. The third-order valence-electron chi connectivity index (χ3n) is 1.97. The molecule has 4 heteroatoms. The number of ether oxygens (including phenoxy) is 1. The highest BCUT2D eigenvalue weighted by Gasteiger charge is 2.16. The normalized spacial score (nSPS) is 15.3. The molecule has 0 aliphatic heterocycles. The minimum absolute atomic E-state index is 0.723. The average molecular weight is 229 g/mol. The first-order valence-electron chi connectivity index (χ1n) is 3.78. The molecule has 1 aliphatic rings. The van der Waals surface area contributed by atoms with Crippen molar-refractivity contribution < 1.29 is 4.74 Å². The van der Waals surface area contributed by atoms with Gasteiger partial charge >= 0.3 is 0 Å². The third kappa shape index (κ3) is 1.16. The van der Waals surface area contributed by atoms with Crippen LogP contribution in [0.5, 0.6) is 5.88 Å². The number of halogens is 1. The summed E-state index contributed by atoms with van der Waals surface area (Å²) in [4.78, 5) is 0. The van der Waals surface area contributed by atoms with Crippen molar-refractivity contribution in [2.45, 2.75) is 12.8 Å². The molecule has 1 aliphatic carbocycles. The lowest BCUT2D eigenvalue weighted by atomic mass is 10.0. The standard InChI is InChI=1S/C8H9BrN2O/c1-12-8-6-3-2-5(9)4-7(6)10-11-8/h4H,2-3H2,1H3,(H,10,11). The first-order chi connectivity index (χ1) is 5.81. The fourth-order valence-corrected chi connectivity index (χ4v) is 1.79. The Balaban J connectivity index is 2.46. The van der Waals surface area contributed by atoms with E-state index in [1.807, 2.05) is 6.08 Å². The lowest BCUT2D eigenvalue weighted by Crippen LogP contribution is -1.95. The summed E-state index contributed by atoms with van der Waals surface area (Å²) in [6.07, 6.45) is 4.07. The molecule has 12 heavy (non-hydrogen) atoms. The number of hydrogen-bond acceptors (Lipinski definition) is 2. The Morgan fingerprint density at radius 2 is 2.42 bits per heavy atom. The van der Waals surface area contributed by atoms with Crippen LogP contribution in [0.2, 0.25) is 0 Å². The molecular weight excluding hydrogens is 220 g/mol. The number of fused-ring (bicyclic) bond motifs is 1. The average Bonchev–Trinajstić information content (AvgIpc) is 2.46. The van der Waals surface area contributed by atoms with Gasteiger partial charge in [0.15, 0.2) is 0 Å². The van der Waals surface area contributed by atoms with Crippen molar-refractivity contribution in [3.05, 3.63) is 15.7 Å². The highest BCUT2D eigenvalue weighted by atomic mass is 79.9. The van der Waals surface area contributed by atoms with Crippen LogP contribution in [-0.2, 0) is 6.42 Å². The summed E-state index contributed by atoms with van der Waals surface area (Å²) < 4.78 is 6.31. The van der Waals surface area contributed by atoms with E-state index in [0.29, 0.717) is 0 Å². The van der Waals surface area contributed by atoms with Crippen molar-refractivity contribution in [1.29, 1.82) is 0 Å². The van der Waals surface area contributed by atoms with Gasteiger partial charge in [0, 0.05) is 5.56 Å². The van der Waals surface area contributed by atoms with Gasteiger partial charge in [-0.1, -0.05) is 15.9 Å². The molecule has 0 saturated carbocycles. The minimum atomic E-state index is 0.723. The molecule has 1 heterocycles. The Kier molecular flexibility index (Phi) is 1.92. The predicted octanol–water partition coefficient (Wildman–Crippen LogP) is 2.10. The number of aromatic amines is 1. The highest BCUT2D eigenvalue weighted by molar-refractivity contribution is 9.11. The van der Waals surface area contributed by atoms with Crippen LogP contribution >= 0.6 is 15.9 Å². The van der Waals surface area contributed by atoms with Crippen LogP contribution in [0.3, 0.4) is 0 Å². The molecule has 0 fully saturated rings. The molecule has 0 atom stereocenters. The zero-order chi connectivity index (χ0) is 8.55. The molecule has 0 amide bonds. The van der Waals surface area contributed by atoms with Crippen LogP contribution in [0, 0.1) is 0 Å². The minimum Gasteiger partial charge on any atom is -0.480 e. The van der Waals surface area contributed by atoms with E-state index in [1.54, 1.807) is 7.11 Å². The first-order valence-corrected chi connectivity index (χ1v) is 4.58. The molecule has 0 aromatic carbocycles. The SMILES string of the molecule is COc1n[nH]c2c1CCC(Br)=C2. The second-order valence-electron chi connectivity index (χ2n) is 2.72. The van der Waals surface area contributed by atoms with E-state index < -0.39 is 0 Å². The lowest BCUT2D eigenvalue weighted by molar-refractivity contribution is 0.392. The largest absolute Gasteiger partial charge is 0.480 e. The molecule has 0 radical (unpaired) electrons. The molecule has 64 valence electrons. The molecule has 0 spiro atoms. The van der Waals surface area contributed by atoms with E-state index in [1.165, 1.54) is 10.0 Å². The third-order valence-corrected chi connectivity index (χ3v) is 2.59. The summed E-state index contributed by atoms with van der Waals surface area (Å²) in [5, 5.41) is 6.96. The van der Waals surface area contributed by atoms with Gasteiger partial charge < -0.3 is 4.74 Å². The lowest BCUT2D eigenvalue weighted by Gasteiger charge is -2.07. The molecule has 0 saturated heterocycles. The summed E-state index contributed by atoms with van der Waals surface area (Å²) in [5.74, 6) is 0.723. The highest BCUT2D eigenvalue weighted by Crippen LogP contribution is 2.30. The maximum absolute atomic E-state index is 5.10. The van der Waals surface area contributed by atoms with Crippen LogP contribution in [0.4, 0.5) is 0 Å². The van der Waals surface area contributed by atoms with E-state index in [9.17, 15) is 0 Å². The topological polar surface area (TPSA) is 37.9 Å². The summed E-state index contributed by atoms with van der Waals surface area (Å²) in [6, 6.07) is 0. The molecule has 1 aromatic rings. The number of allylic oxidation sites excluding steroid dienone is 1. The van der Waals surface area contributed by atoms with Crippen LogP contribution in [0.15, 0.2) is 4.48 Å². The smallest absolute Gasteiger partial charge is 0.236 e. The van der Waals surface area contributed by atoms with Gasteiger partial charge in [-0.05, 0) is 23.4 Å². The van der Waals surface area contributed by atoms with Crippen molar-refractivity contribution >= 4 is 22.0 Å². The zero-order valence-electron chi connectivity index (χ0n) is 6.72. The molecule has 1 aromatic heterocycles. The summed E-state index contributed by atoms with van der Waals surface area (Å²) in [7, 11) is 1.64. The van der Waals surface area contributed by atoms with E-state index in [0.717, 1.165) is 24.4 Å². The summed E-state index contributed by atoms with van der Waals surface area (Å²) in [6.45, 7) is 0. The number of aromatic nitrogens is 2. The van der Waals surface area contributed by atoms with Crippen molar-refractivity contribution in [2.75, 3.05) is 7.11 Å². The van der Waals surface area contributed by atoms with Crippen molar-refractivity contribution in [3.63, 3.8) is 0 Å². The predicted molar refractivity (Wildman–Crippen MR) is 50.4 cm³/mol. The van der Waals surface area contributed by atoms with Crippen molar-refractivity contribution in [2.24, 2.45) is 0 Å². The first kappa shape index (κ1) is 7.86. The van der Waals surface area contributed by atoms with Crippen LogP contribution < -0.4 is 4.74 Å². The van der Waals surface area contributed by atoms with Gasteiger partial charge in [0.1, 0.15) is 0 Å². The van der Waals surface area contributed by atoms with Gasteiger partial charge in [-0.3, -0.25) is 5.10 Å². The number of H-pyrrole nitrogens is 1. The van der Waals surface area contributed by atoms with Gasteiger partial charge in [0.25, 0.3) is 0 Å². The molecule has 1 N–H and O–H groups in total. The number of methoxy groups -OCH3 is 1. The van der Waals surface area contributed by atoms with E-state index in [-0.39, 0.29) is 0 Å². The number of hydrogen-bond donors (Lipinski definition) is 1. The maximum Gasteiger partial charge on any atom is 0.236 e. The molecular formula is C8H9BrN2O. The van der Waals surface area contributed by atoms with E-state index in [2.05, 4.69) is 26.1 Å². The number of nitrogens with one attached hydrogen (secondary N) is 1. The Morgan fingerprint density at radius 3 is 3.17 bits per heavy atom. The Hall–Kier alpha value is -0.770. The summed E-state index contributed by atoms with van der Waals surface area (Å²) in [5.41, 5.74) is 2.24. The second-order valence-corrected chi connectivity index (χ2v) is 3.73. The zero-order valence-corrected chi connectivity index (χ0v) is 8.31. The monoisotopic (exact) mass is 228 g/mol. The molecule has 0 unspecified atom stereocenters. The van der Waals surface area contributed by atoms with E-state index in [4.69, 9.17) is 4.74 Å². The fraction of sp³-hybridized carbons (Fsp3) is 0.375. The van der Waals surface area contributed by atoms with Crippen LogP contribution in [-0.4, -0.2) is 17.3 Å². The van der Waals surface area contributed by atoms with Gasteiger partial charge in [-0.15, -0.1) is 5.10 Å². The maximum atomic E-state index is 5.10. The number of rotatable bonds is 1. The van der Waals surface area contributed by atoms with Gasteiger partial charge in [-0.25, -0.2) is 0 Å². The van der Waals surface area contributed by atoms with Crippen molar-refractivity contribution in [1.82, 2.24) is 10.2 Å². The molecule has 3 nitrogen and oxygen atoms in total. The second kappa shape index (κ2) is 2.94. The molecule has 2 rings (SSSR count). The molecule has 0 bridgehead atoms.